The van der Waals surface area contributed by atoms with Crippen LogP contribution in [0.2, 0.25) is 5.02 Å². The minimum absolute atomic E-state index is 0.130. The lowest BCUT2D eigenvalue weighted by Crippen LogP contribution is -2.44. The molecule has 1 spiro atoms. The molecule has 3 aliphatic rings. The monoisotopic (exact) mass is 424 g/mol. The number of fused-ring (bicyclic) bond motifs is 1. The maximum Gasteiger partial charge on any atom is 0.145 e. The molecular formula is C25H29ClN2O2. The van der Waals surface area contributed by atoms with Crippen molar-refractivity contribution in [3.05, 3.63) is 64.2 Å². The summed E-state index contributed by atoms with van der Waals surface area (Å²) < 4.78 is 6.13. The van der Waals surface area contributed by atoms with Gasteiger partial charge in [0.1, 0.15) is 17.0 Å². The van der Waals surface area contributed by atoms with Crippen molar-refractivity contribution in [3.8, 4) is 5.75 Å². The van der Waals surface area contributed by atoms with E-state index in [0.29, 0.717) is 0 Å². The lowest BCUT2D eigenvalue weighted by molar-refractivity contribution is -0.0627. The van der Waals surface area contributed by atoms with Crippen molar-refractivity contribution in [1.29, 1.82) is 0 Å². The zero-order valence-corrected chi connectivity index (χ0v) is 18.5. The van der Waals surface area contributed by atoms with E-state index in [1.807, 2.05) is 6.07 Å². The van der Waals surface area contributed by atoms with Crippen LogP contribution in [-0.2, 0) is 17.8 Å². The maximum atomic E-state index is 6.59. The van der Waals surface area contributed by atoms with Crippen molar-refractivity contribution in [2.45, 2.75) is 63.7 Å². The van der Waals surface area contributed by atoms with Crippen LogP contribution in [-0.4, -0.2) is 34.9 Å². The smallest absolute Gasteiger partial charge is 0.145 e. The van der Waals surface area contributed by atoms with Crippen LogP contribution in [0, 0.1) is 0 Å². The number of ether oxygens (including phenoxy) is 1. The molecule has 3 aliphatic heterocycles. The fraction of sp³-hybridized carbons (Fsp3) is 0.480. The molecule has 158 valence electrons. The summed E-state index contributed by atoms with van der Waals surface area (Å²) >= 11 is 6.59. The Bertz CT molecular complexity index is 963. The number of aryl methyl sites for hydroxylation is 1. The molecule has 3 heterocycles. The molecule has 0 N–H and O–H groups in total. The molecule has 4 nitrogen and oxygen atoms in total. The zero-order valence-electron chi connectivity index (χ0n) is 17.8. The number of piperidine rings is 1. The molecule has 0 amide bonds. The van der Waals surface area contributed by atoms with Crippen LogP contribution >= 0.6 is 11.6 Å². The predicted octanol–water partition coefficient (Wildman–Crippen LogP) is 5.60. The lowest BCUT2D eigenvalue weighted by Gasteiger charge is -2.37. The van der Waals surface area contributed by atoms with Gasteiger partial charge < -0.3 is 9.57 Å². The summed E-state index contributed by atoms with van der Waals surface area (Å²) in [5, 5.41) is 5.17. The van der Waals surface area contributed by atoms with E-state index in [2.05, 4.69) is 60.3 Å². The third-order valence-electron chi connectivity index (χ3n) is 6.67. The molecule has 0 aromatic heterocycles. The van der Waals surface area contributed by atoms with Gasteiger partial charge in [0.15, 0.2) is 0 Å². The maximum absolute atomic E-state index is 6.59. The van der Waals surface area contributed by atoms with Gasteiger partial charge in [-0.05, 0) is 49.4 Å². The molecule has 0 atom stereocenters. The van der Waals surface area contributed by atoms with Crippen LogP contribution in [0.3, 0.4) is 0 Å². The van der Waals surface area contributed by atoms with Gasteiger partial charge in [-0.2, -0.15) is 0 Å². The summed E-state index contributed by atoms with van der Waals surface area (Å²) in [4.78, 5) is 8.48. The number of hydrogen-bond acceptors (Lipinski definition) is 4. The van der Waals surface area contributed by atoms with Gasteiger partial charge in [0.05, 0.1) is 10.7 Å². The zero-order chi connectivity index (χ0) is 20.8. The van der Waals surface area contributed by atoms with Gasteiger partial charge in [0.2, 0.25) is 0 Å². The second kappa shape index (κ2) is 7.58. The van der Waals surface area contributed by atoms with Crippen LogP contribution in [0.5, 0.6) is 5.75 Å². The Hall–Kier alpha value is -2.04. The quantitative estimate of drug-likeness (QED) is 0.642. The summed E-state index contributed by atoms with van der Waals surface area (Å²) in [7, 11) is 0. The Labute approximate surface area is 183 Å². The number of benzene rings is 2. The topological polar surface area (TPSA) is 34.1 Å². The molecule has 5 rings (SSSR count). The van der Waals surface area contributed by atoms with Gasteiger partial charge in [-0.3, -0.25) is 4.90 Å². The highest BCUT2D eigenvalue weighted by atomic mass is 35.5. The molecule has 0 unspecified atom stereocenters. The summed E-state index contributed by atoms with van der Waals surface area (Å²) in [6.45, 7) is 7.19. The average Bonchev–Trinajstić information content (AvgIpc) is 3.15. The first-order chi connectivity index (χ1) is 14.4. The van der Waals surface area contributed by atoms with E-state index in [0.717, 1.165) is 68.2 Å². The predicted molar refractivity (Wildman–Crippen MR) is 120 cm³/mol. The van der Waals surface area contributed by atoms with E-state index < -0.39 is 0 Å². The van der Waals surface area contributed by atoms with E-state index in [1.54, 1.807) is 0 Å². The minimum Gasteiger partial charge on any atom is -0.486 e. The second-order valence-corrected chi connectivity index (χ2v) is 9.97. The first kappa shape index (κ1) is 19.9. The molecule has 2 aromatic rings. The highest BCUT2D eigenvalue weighted by Crippen LogP contribution is 2.40. The second-order valence-electron chi connectivity index (χ2n) is 9.56. The standard InChI is InChI=1S/C25H29ClN2O2/c1-24(2)9-8-20-14-18(15-21(26)23(20)29-24)17-28-12-10-25(11-13-28)16-22(27-30-25)19-6-4-3-5-7-19/h3-7,14-15H,8-13,16-17H2,1-2H3. The van der Waals surface area contributed by atoms with Gasteiger partial charge in [0.25, 0.3) is 0 Å². The summed E-state index contributed by atoms with van der Waals surface area (Å²) in [5.74, 6) is 0.874. The summed E-state index contributed by atoms with van der Waals surface area (Å²) in [5.41, 5.74) is 4.49. The highest BCUT2D eigenvalue weighted by Gasteiger charge is 2.42. The Kier molecular flexibility index (Phi) is 5.03. The SMILES string of the molecule is CC1(C)CCc2cc(CN3CCC4(CC3)CC(c3ccccc3)=NO4)cc(Cl)c2O1. The fourth-order valence-electron chi connectivity index (χ4n) is 4.82. The van der Waals surface area contributed by atoms with E-state index >= 15 is 0 Å². The van der Waals surface area contributed by atoms with Gasteiger partial charge in [-0.15, -0.1) is 0 Å². The molecular weight excluding hydrogens is 396 g/mol. The molecule has 5 heteroatoms. The largest absolute Gasteiger partial charge is 0.486 e. The van der Waals surface area contributed by atoms with Gasteiger partial charge in [0, 0.05) is 38.9 Å². The third-order valence-corrected chi connectivity index (χ3v) is 6.96. The van der Waals surface area contributed by atoms with E-state index in [9.17, 15) is 0 Å². The average molecular weight is 425 g/mol. The lowest BCUT2D eigenvalue weighted by atomic mass is 9.85. The number of likely N-dealkylation sites (tertiary alicyclic amines) is 1. The number of oxime groups is 1. The number of halogens is 1. The third kappa shape index (κ3) is 3.95. The van der Waals surface area contributed by atoms with E-state index in [1.165, 1.54) is 16.7 Å². The number of hydrogen-bond donors (Lipinski definition) is 0. The molecule has 1 saturated heterocycles. The molecule has 1 fully saturated rings. The Morgan fingerprint density at radius 1 is 1.07 bits per heavy atom. The van der Waals surface area contributed by atoms with Crippen LogP contribution in [0.1, 0.15) is 56.2 Å². The Balaban J connectivity index is 1.21. The molecule has 0 aliphatic carbocycles. The molecule has 0 saturated carbocycles. The normalized spacial score (nSPS) is 22.2. The van der Waals surface area contributed by atoms with Gasteiger partial charge in [-0.25, -0.2) is 0 Å². The van der Waals surface area contributed by atoms with Crippen molar-refractivity contribution in [2.75, 3.05) is 13.1 Å². The van der Waals surface area contributed by atoms with Crippen LogP contribution in [0.15, 0.2) is 47.6 Å². The van der Waals surface area contributed by atoms with E-state index in [-0.39, 0.29) is 11.2 Å². The summed E-state index contributed by atoms with van der Waals surface area (Å²) in [6, 6.07) is 14.7. The number of rotatable bonds is 3. The van der Waals surface area contributed by atoms with Crippen molar-refractivity contribution in [1.82, 2.24) is 4.90 Å². The highest BCUT2D eigenvalue weighted by molar-refractivity contribution is 6.32. The number of nitrogens with zero attached hydrogens (tertiary/aromatic N) is 2. The minimum atomic E-state index is -0.138. The Morgan fingerprint density at radius 2 is 1.83 bits per heavy atom. The van der Waals surface area contributed by atoms with Crippen molar-refractivity contribution < 1.29 is 9.57 Å². The van der Waals surface area contributed by atoms with Gasteiger partial charge in [-0.1, -0.05) is 53.2 Å². The van der Waals surface area contributed by atoms with Gasteiger partial charge >= 0.3 is 0 Å². The first-order valence-electron chi connectivity index (χ1n) is 10.9. The van der Waals surface area contributed by atoms with Crippen LogP contribution in [0.4, 0.5) is 0 Å². The van der Waals surface area contributed by atoms with Crippen molar-refractivity contribution in [2.24, 2.45) is 5.16 Å². The molecule has 2 aromatic carbocycles. The van der Waals surface area contributed by atoms with E-state index in [4.69, 9.17) is 21.2 Å². The fourth-order valence-corrected chi connectivity index (χ4v) is 5.12. The molecule has 30 heavy (non-hydrogen) atoms. The first-order valence-corrected chi connectivity index (χ1v) is 11.3. The Morgan fingerprint density at radius 3 is 2.60 bits per heavy atom. The van der Waals surface area contributed by atoms with Crippen molar-refractivity contribution in [3.63, 3.8) is 0 Å². The molecule has 0 bridgehead atoms. The van der Waals surface area contributed by atoms with Crippen LogP contribution < -0.4 is 4.74 Å². The van der Waals surface area contributed by atoms with Crippen molar-refractivity contribution >= 4 is 17.3 Å². The summed E-state index contributed by atoms with van der Waals surface area (Å²) in [6.07, 6.45) is 4.95. The van der Waals surface area contributed by atoms with Crippen LogP contribution in [0.25, 0.3) is 0 Å². The molecule has 0 radical (unpaired) electrons.